The molecule has 5 rings (SSSR count). The highest BCUT2D eigenvalue weighted by atomic mass is 16.3. The third-order valence-electron chi connectivity index (χ3n) is 5.58. The number of rotatable bonds is 3. The summed E-state index contributed by atoms with van der Waals surface area (Å²) in [5.41, 5.74) is 4.70. The second-order valence-electron chi connectivity index (χ2n) is 7.62. The standard InChI is InChI=1S/C25H21N3O3/c1-17-5-2-3-7-22(17)23(29)26-20-10-8-18(9-11-20)24(30)28-16-21-6-4-13-27(21)15-19-12-14-31-25(19)28/h2-14H,15-16H2,1H3,(H,26,29). The highest BCUT2D eigenvalue weighted by molar-refractivity contribution is 6.07. The highest BCUT2D eigenvalue weighted by Crippen LogP contribution is 2.30. The van der Waals surface area contributed by atoms with E-state index in [9.17, 15) is 9.59 Å². The van der Waals surface area contributed by atoms with Crippen LogP contribution in [-0.2, 0) is 13.1 Å². The monoisotopic (exact) mass is 411 g/mol. The summed E-state index contributed by atoms with van der Waals surface area (Å²) in [7, 11) is 0. The molecule has 1 aliphatic rings. The molecule has 6 heteroatoms. The molecule has 0 unspecified atom stereocenters. The van der Waals surface area contributed by atoms with E-state index < -0.39 is 0 Å². The maximum atomic E-state index is 13.3. The van der Waals surface area contributed by atoms with Crippen molar-refractivity contribution in [3.05, 3.63) is 107 Å². The third kappa shape index (κ3) is 3.53. The molecule has 1 N–H and O–H groups in total. The van der Waals surface area contributed by atoms with Crippen LogP contribution in [-0.4, -0.2) is 16.4 Å². The summed E-state index contributed by atoms with van der Waals surface area (Å²) >= 11 is 0. The number of benzene rings is 2. The molecule has 0 bridgehead atoms. The number of aryl methyl sites for hydroxylation is 1. The van der Waals surface area contributed by atoms with Crippen LogP contribution in [0.5, 0.6) is 0 Å². The lowest BCUT2D eigenvalue weighted by Crippen LogP contribution is -2.30. The molecule has 0 spiro atoms. The van der Waals surface area contributed by atoms with E-state index in [-0.39, 0.29) is 11.8 Å². The van der Waals surface area contributed by atoms with Gasteiger partial charge in [-0.1, -0.05) is 18.2 Å². The van der Waals surface area contributed by atoms with Crippen molar-refractivity contribution >= 4 is 23.4 Å². The molecule has 31 heavy (non-hydrogen) atoms. The van der Waals surface area contributed by atoms with E-state index >= 15 is 0 Å². The first kappa shape index (κ1) is 18.9. The number of nitrogens with zero attached hydrogens (tertiary/aromatic N) is 2. The van der Waals surface area contributed by atoms with Crippen LogP contribution in [0.3, 0.4) is 0 Å². The lowest BCUT2D eigenvalue weighted by Gasteiger charge is -2.19. The number of hydrogen-bond donors (Lipinski definition) is 1. The topological polar surface area (TPSA) is 67.5 Å². The van der Waals surface area contributed by atoms with Crippen LogP contribution >= 0.6 is 0 Å². The summed E-state index contributed by atoms with van der Waals surface area (Å²) in [5.74, 6) is 0.249. The van der Waals surface area contributed by atoms with Crippen molar-refractivity contribution in [3.63, 3.8) is 0 Å². The predicted octanol–water partition coefficient (Wildman–Crippen LogP) is 4.85. The molecule has 0 fully saturated rings. The summed E-state index contributed by atoms with van der Waals surface area (Å²) < 4.78 is 7.78. The molecule has 2 amide bonds. The predicted molar refractivity (Wildman–Crippen MR) is 118 cm³/mol. The Kier molecular flexibility index (Phi) is 4.67. The van der Waals surface area contributed by atoms with Crippen molar-refractivity contribution < 1.29 is 14.0 Å². The van der Waals surface area contributed by atoms with Crippen molar-refractivity contribution in [1.29, 1.82) is 0 Å². The molecule has 6 nitrogen and oxygen atoms in total. The van der Waals surface area contributed by atoms with E-state index in [1.807, 2.05) is 49.5 Å². The van der Waals surface area contributed by atoms with Crippen molar-refractivity contribution in [2.45, 2.75) is 20.0 Å². The van der Waals surface area contributed by atoms with Crippen LogP contribution in [0.25, 0.3) is 0 Å². The molecule has 0 radical (unpaired) electrons. The number of nitrogens with one attached hydrogen (secondary N) is 1. The first-order valence-corrected chi connectivity index (χ1v) is 10.1. The molecule has 0 aliphatic carbocycles. The molecule has 0 saturated carbocycles. The first-order valence-electron chi connectivity index (χ1n) is 10.1. The van der Waals surface area contributed by atoms with Crippen molar-refractivity contribution in [2.75, 3.05) is 10.2 Å². The largest absolute Gasteiger partial charge is 0.448 e. The summed E-state index contributed by atoms with van der Waals surface area (Å²) in [6.07, 6.45) is 3.62. The molecule has 2 aromatic carbocycles. The summed E-state index contributed by atoms with van der Waals surface area (Å²) in [6, 6.07) is 20.3. The molecular weight excluding hydrogens is 390 g/mol. The quantitative estimate of drug-likeness (QED) is 0.524. The minimum absolute atomic E-state index is 0.150. The molecular formula is C25H21N3O3. The summed E-state index contributed by atoms with van der Waals surface area (Å²) in [5, 5.41) is 2.89. The van der Waals surface area contributed by atoms with Gasteiger partial charge >= 0.3 is 0 Å². The average Bonchev–Trinajstić information content (AvgIpc) is 3.39. The second-order valence-corrected chi connectivity index (χ2v) is 7.62. The van der Waals surface area contributed by atoms with Gasteiger partial charge in [-0.15, -0.1) is 0 Å². The molecule has 4 aromatic rings. The zero-order valence-electron chi connectivity index (χ0n) is 17.0. The summed E-state index contributed by atoms with van der Waals surface area (Å²) in [4.78, 5) is 27.5. The fourth-order valence-electron chi connectivity index (χ4n) is 3.89. The molecule has 1 aliphatic heterocycles. The van der Waals surface area contributed by atoms with Crippen molar-refractivity contribution in [2.24, 2.45) is 0 Å². The third-order valence-corrected chi connectivity index (χ3v) is 5.58. The molecule has 2 aromatic heterocycles. The number of furan rings is 1. The Morgan fingerprint density at radius 1 is 0.935 bits per heavy atom. The van der Waals surface area contributed by atoms with E-state index in [2.05, 4.69) is 9.88 Å². The SMILES string of the molecule is Cc1ccccc1C(=O)Nc1ccc(C(=O)N2Cc3cccn3Cc3ccoc32)cc1. The van der Waals surface area contributed by atoms with Gasteiger partial charge in [-0.2, -0.15) is 0 Å². The molecule has 3 heterocycles. The number of amides is 2. The minimum atomic E-state index is -0.175. The van der Waals surface area contributed by atoms with E-state index in [0.29, 0.717) is 35.8 Å². The zero-order chi connectivity index (χ0) is 21.4. The molecule has 154 valence electrons. The van der Waals surface area contributed by atoms with Gasteiger partial charge in [0, 0.05) is 34.3 Å². The highest BCUT2D eigenvalue weighted by Gasteiger charge is 2.27. The fraction of sp³-hybridized carbons (Fsp3) is 0.120. The molecule has 0 saturated heterocycles. The van der Waals surface area contributed by atoms with Crippen LogP contribution in [0.2, 0.25) is 0 Å². The van der Waals surface area contributed by atoms with Crippen molar-refractivity contribution in [1.82, 2.24) is 4.57 Å². The number of anilines is 2. The average molecular weight is 411 g/mol. The van der Waals surface area contributed by atoms with Crippen LogP contribution < -0.4 is 10.2 Å². The number of carbonyl (C=O) groups excluding carboxylic acids is 2. The maximum absolute atomic E-state index is 13.3. The number of fused-ring (bicyclic) bond motifs is 2. The fourth-order valence-corrected chi connectivity index (χ4v) is 3.89. The van der Waals surface area contributed by atoms with Crippen LogP contribution in [0.1, 0.15) is 37.5 Å². The van der Waals surface area contributed by atoms with E-state index in [1.54, 1.807) is 41.5 Å². The smallest absolute Gasteiger partial charge is 0.260 e. The number of hydrogen-bond acceptors (Lipinski definition) is 3. The van der Waals surface area contributed by atoms with E-state index in [0.717, 1.165) is 16.8 Å². The van der Waals surface area contributed by atoms with Gasteiger partial charge in [0.25, 0.3) is 11.8 Å². The van der Waals surface area contributed by atoms with Crippen LogP contribution in [0, 0.1) is 6.92 Å². The second kappa shape index (κ2) is 7.65. The lowest BCUT2D eigenvalue weighted by atomic mass is 10.1. The Morgan fingerprint density at radius 2 is 1.74 bits per heavy atom. The van der Waals surface area contributed by atoms with Crippen LogP contribution in [0.15, 0.2) is 83.6 Å². The van der Waals surface area contributed by atoms with Gasteiger partial charge in [-0.05, 0) is 61.0 Å². The Bertz CT molecular complexity index is 1270. The van der Waals surface area contributed by atoms with Gasteiger partial charge in [-0.25, -0.2) is 0 Å². The van der Waals surface area contributed by atoms with E-state index in [4.69, 9.17) is 4.42 Å². The Labute approximate surface area is 179 Å². The Balaban J connectivity index is 1.37. The number of aromatic nitrogens is 1. The molecule has 0 atom stereocenters. The maximum Gasteiger partial charge on any atom is 0.260 e. The summed E-state index contributed by atoms with van der Waals surface area (Å²) in [6.45, 7) is 3.00. The van der Waals surface area contributed by atoms with Gasteiger partial charge in [0.2, 0.25) is 5.88 Å². The minimum Gasteiger partial charge on any atom is -0.448 e. The number of carbonyl (C=O) groups is 2. The van der Waals surface area contributed by atoms with Gasteiger partial charge in [0.1, 0.15) is 0 Å². The van der Waals surface area contributed by atoms with Gasteiger partial charge in [0.15, 0.2) is 0 Å². The Hall–Kier alpha value is -4.06. The van der Waals surface area contributed by atoms with E-state index in [1.165, 1.54) is 0 Å². The lowest BCUT2D eigenvalue weighted by molar-refractivity contribution is 0.0979. The van der Waals surface area contributed by atoms with Gasteiger partial charge < -0.3 is 14.3 Å². The van der Waals surface area contributed by atoms with Gasteiger partial charge in [0.05, 0.1) is 19.4 Å². The normalized spacial score (nSPS) is 12.6. The van der Waals surface area contributed by atoms with Crippen molar-refractivity contribution in [3.8, 4) is 0 Å². The van der Waals surface area contributed by atoms with Gasteiger partial charge in [-0.3, -0.25) is 14.5 Å². The zero-order valence-corrected chi connectivity index (χ0v) is 17.0. The van der Waals surface area contributed by atoms with Crippen LogP contribution in [0.4, 0.5) is 11.6 Å². The first-order chi connectivity index (χ1) is 15.1. The Morgan fingerprint density at radius 3 is 2.55 bits per heavy atom.